The fourth-order valence-corrected chi connectivity index (χ4v) is 2.56. The Kier molecular flexibility index (Phi) is 5.06. The van der Waals surface area contributed by atoms with Crippen LogP contribution >= 0.6 is 0 Å². The molecule has 2 atom stereocenters. The second-order valence-corrected chi connectivity index (χ2v) is 5.93. The average Bonchev–Trinajstić information content (AvgIpc) is 2.49. The van der Waals surface area contributed by atoms with Gasteiger partial charge in [0.25, 0.3) is 0 Å². The predicted octanol–water partition coefficient (Wildman–Crippen LogP) is 2.45. The lowest BCUT2D eigenvalue weighted by atomic mass is 10.1. The number of anilines is 2. The molecular formula is C17H25N3O2. The zero-order valence-electron chi connectivity index (χ0n) is 13.8. The summed E-state index contributed by atoms with van der Waals surface area (Å²) in [5.74, 6) is -0.163. The zero-order chi connectivity index (χ0) is 16.3. The van der Waals surface area contributed by atoms with Gasteiger partial charge in [0.2, 0.25) is 11.8 Å². The van der Waals surface area contributed by atoms with E-state index in [9.17, 15) is 9.59 Å². The smallest absolute Gasteiger partial charge is 0.250 e. The molecule has 1 aromatic carbocycles. The van der Waals surface area contributed by atoms with Gasteiger partial charge in [0, 0.05) is 6.04 Å². The van der Waals surface area contributed by atoms with Crippen LogP contribution in [0.5, 0.6) is 0 Å². The van der Waals surface area contributed by atoms with E-state index in [-0.39, 0.29) is 30.4 Å². The molecule has 0 fully saturated rings. The fraction of sp³-hybridized carbons (Fsp3) is 0.529. The number of carbonyl (C=O) groups excluding carboxylic acids is 2. The third kappa shape index (κ3) is 3.40. The van der Waals surface area contributed by atoms with Crippen LogP contribution in [0.4, 0.5) is 11.4 Å². The number of hydrogen-bond donors (Lipinski definition) is 2. The summed E-state index contributed by atoms with van der Waals surface area (Å²) < 4.78 is 0. The average molecular weight is 303 g/mol. The summed E-state index contributed by atoms with van der Waals surface area (Å²) >= 11 is 0. The van der Waals surface area contributed by atoms with Gasteiger partial charge in [-0.2, -0.15) is 0 Å². The van der Waals surface area contributed by atoms with Gasteiger partial charge in [-0.05, 0) is 44.4 Å². The van der Waals surface area contributed by atoms with Gasteiger partial charge in [0.1, 0.15) is 12.6 Å². The number of nitrogens with one attached hydrogen (secondary N) is 2. The molecule has 0 aliphatic carbocycles. The molecule has 1 aromatic rings. The van der Waals surface area contributed by atoms with Crippen molar-refractivity contribution >= 4 is 23.2 Å². The summed E-state index contributed by atoms with van der Waals surface area (Å²) in [6.45, 7) is 8.03. The summed E-state index contributed by atoms with van der Waals surface area (Å²) in [5.41, 5.74) is 2.82. The van der Waals surface area contributed by atoms with Gasteiger partial charge >= 0.3 is 0 Å². The summed E-state index contributed by atoms with van der Waals surface area (Å²) in [7, 11) is 0. The first-order valence-corrected chi connectivity index (χ1v) is 7.94. The monoisotopic (exact) mass is 303 g/mol. The standard InChI is InChI=1S/C17H25N3O2/c1-5-12(4)18-16(21)10-20-15-8-7-11(3)9-14(15)19-13(6-2)17(20)22/h7-9,12-13,19H,5-6,10H2,1-4H3,(H,18,21). The lowest BCUT2D eigenvalue weighted by Gasteiger charge is -2.35. The van der Waals surface area contributed by atoms with Crippen molar-refractivity contribution in [3.05, 3.63) is 23.8 Å². The van der Waals surface area contributed by atoms with Crippen molar-refractivity contribution < 1.29 is 9.59 Å². The second-order valence-electron chi connectivity index (χ2n) is 5.93. The Bertz CT molecular complexity index is 571. The number of aryl methyl sites for hydroxylation is 1. The van der Waals surface area contributed by atoms with Crippen LogP contribution in [-0.2, 0) is 9.59 Å². The first kappa shape index (κ1) is 16.3. The van der Waals surface area contributed by atoms with Crippen molar-refractivity contribution in [2.45, 2.75) is 52.6 Å². The van der Waals surface area contributed by atoms with Crippen LogP contribution < -0.4 is 15.5 Å². The molecule has 0 aromatic heterocycles. The van der Waals surface area contributed by atoms with Gasteiger partial charge in [0.05, 0.1) is 11.4 Å². The Morgan fingerprint density at radius 2 is 2.14 bits per heavy atom. The van der Waals surface area contributed by atoms with Crippen LogP contribution in [0.2, 0.25) is 0 Å². The molecule has 22 heavy (non-hydrogen) atoms. The van der Waals surface area contributed by atoms with Crippen LogP contribution in [0.15, 0.2) is 18.2 Å². The molecule has 0 spiro atoms. The molecule has 2 N–H and O–H groups in total. The Hall–Kier alpha value is -2.04. The maximum Gasteiger partial charge on any atom is 0.250 e. The lowest BCUT2D eigenvalue weighted by molar-refractivity contribution is -0.124. The Labute approximate surface area is 132 Å². The number of nitrogens with zero attached hydrogens (tertiary/aromatic N) is 1. The van der Waals surface area contributed by atoms with Crippen LogP contribution in [0.1, 0.15) is 39.2 Å². The van der Waals surface area contributed by atoms with E-state index in [4.69, 9.17) is 0 Å². The van der Waals surface area contributed by atoms with E-state index in [2.05, 4.69) is 10.6 Å². The summed E-state index contributed by atoms with van der Waals surface area (Å²) in [6.07, 6.45) is 1.56. The molecule has 5 nitrogen and oxygen atoms in total. The third-order valence-electron chi connectivity index (χ3n) is 4.07. The van der Waals surface area contributed by atoms with E-state index in [0.29, 0.717) is 6.42 Å². The largest absolute Gasteiger partial charge is 0.372 e. The Balaban J connectivity index is 2.25. The molecule has 120 valence electrons. The first-order valence-electron chi connectivity index (χ1n) is 7.94. The first-order chi connectivity index (χ1) is 10.5. The van der Waals surface area contributed by atoms with Crippen molar-refractivity contribution in [3.63, 3.8) is 0 Å². The predicted molar refractivity (Wildman–Crippen MR) is 89.1 cm³/mol. The normalized spacial score (nSPS) is 18.5. The fourth-order valence-electron chi connectivity index (χ4n) is 2.56. The minimum Gasteiger partial charge on any atom is -0.372 e. The quantitative estimate of drug-likeness (QED) is 0.878. The molecule has 5 heteroatoms. The number of amides is 2. The van der Waals surface area contributed by atoms with Gasteiger partial charge in [-0.25, -0.2) is 0 Å². The van der Waals surface area contributed by atoms with Gasteiger partial charge in [0.15, 0.2) is 0 Å². The van der Waals surface area contributed by atoms with Crippen LogP contribution in [0.25, 0.3) is 0 Å². The Morgan fingerprint density at radius 3 is 2.77 bits per heavy atom. The van der Waals surface area contributed by atoms with Crippen molar-refractivity contribution in [2.24, 2.45) is 0 Å². The molecule has 2 rings (SSSR count). The highest BCUT2D eigenvalue weighted by molar-refractivity contribution is 6.07. The van der Waals surface area contributed by atoms with Gasteiger partial charge in [-0.15, -0.1) is 0 Å². The van der Waals surface area contributed by atoms with E-state index in [1.165, 1.54) is 0 Å². The SMILES string of the molecule is CCC(C)NC(=O)CN1C(=O)C(CC)Nc2cc(C)ccc21. The summed E-state index contributed by atoms with van der Waals surface area (Å²) in [4.78, 5) is 26.3. The molecule has 1 aliphatic heterocycles. The van der Waals surface area contributed by atoms with Crippen LogP contribution in [-0.4, -0.2) is 30.4 Å². The van der Waals surface area contributed by atoms with Crippen molar-refractivity contribution in [2.75, 3.05) is 16.8 Å². The van der Waals surface area contributed by atoms with Crippen molar-refractivity contribution in [3.8, 4) is 0 Å². The van der Waals surface area contributed by atoms with E-state index >= 15 is 0 Å². The minimum absolute atomic E-state index is 0.0434. The third-order valence-corrected chi connectivity index (χ3v) is 4.07. The zero-order valence-corrected chi connectivity index (χ0v) is 13.8. The van der Waals surface area contributed by atoms with Gasteiger partial charge < -0.3 is 10.6 Å². The molecule has 2 amide bonds. The molecular weight excluding hydrogens is 278 g/mol. The van der Waals surface area contributed by atoms with Gasteiger partial charge in [-0.3, -0.25) is 14.5 Å². The summed E-state index contributed by atoms with van der Waals surface area (Å²) in [6, 6.07) is 5.72. The highest BCUT2D eigenvalue weighted by Gasteiger charge is 2.32. The van der Waals surface area contributed by atoms with Crippen LogP contribution in [0.3, 0.4) is 0 Å². The number of hydrogen-bond acceptors (Lipinski definition) is 3. The number of benzene rings is 1. The van der Waals surface area contributed by atoms with Crippen molar-refractivity contribution in [1.29, 1.82) is 0 Å². The van der Waals surface area contributed by atoms with E-state index in [1.807, 2.05) is 45.9 Å². The summed E-state index contributed by atoms with van der Waals surface area (Å²) in [5, 5.41) is 6.19. The van der Waals surface area contributed by atoms with E-state index < -0.39 is 0 Å². The highest BCUT2D eigenvalue weighted by atomic mass is 16.2. The highest BCUT2D eigenvalue weighted by Crippen LogP contribution is 2.32. The minimum atomic E-state index is -0.273. The second kappa shape index (κ2) is 6.81. The molecule has 2 unspecified atom stereocenters. The Morgan fingerprint density at radius 1 is 1.41 bits per heavy atom. The van der Waals surface area contributed by atoms with Crippen LogP contribution in [0, 0.1) is 6.92 Å². The van der Waals surface area contributed by atoms with Crippen molar-refractivity contribution in [1.82, 2.24) is 5.32 Å². The topological polar surface area (TPSA) is 61.4 Å². The lowest BCUT2D eigenvalue weighted by Crippen LogP contribution is -2.51. The number of carbonyl (C=O) groups is 2. The number of fused-ring (bicyclic) bond motifs is 1. The molecule has 0 saturated heterocycles. The van der Waals surface area contributed by atoms with E-state index in [0.717, 1.165) is 23.4 Å². The molecule has 0 radical (unpaired) electrons. The maximum absolute atomic E-state index is 12.6. The number of rotatable bonds is 5. The van der Waals surface area contributed by atoms with E-state index in [1.54, 1.807) is 4.90 Å². The molecule has 0 saturated carbocycles. The van der Waals surface area contributed by atoms with Gasteiger partial charge in [-0.1, -0.05) is 19.9 Å². The molecule has 1 heterocycles. The molecule has 1 aliphatic rings. The maximum atomic E-state index is 12.6. The molecule has 0 bridgehead atoms.